The maximum atomic E-state index is 12.3. The number of allylic oxidation sites excluding steroid dienone is 3. The molecule has 0 heterocycles. The van der Waals surface area contributed by atoms with Crippen LogP contribution in [-0.4, -0.2) is 11.7 Å². The third kappa shape index (κ3) is 2.50. The minimum atomic E-state index is -0.132. The zero-order valence-electron chi connectivity index (χ0n) is 11.0. The Labute approximate surface area is 113 Å². The predicted octanol–water partition coefficient (Wildman–Crippen LogP) is 3.09. The molecule has 2 rings (SSSR count). The van der Waals surface area contributed by atoms with Crippen LogP contribution in [0.5, 0.6) is 0 Å². The lowest BCUT2D eigenvalue weighted by Gasteiger charge is -2.07. The van der Waals surface area contributed by atoms with Crippen LogP contribution in [0.3, 0.4) is 0 Å². The van der Waals surface area contributed by atoms with Crippen LogP contribution in [0.15, 0.2) is 42.6 Å². The molecule has 3 heteroatoms. The maximum absolute atomic E-state index is 12.3. The molecule has 0 aliphatic heterocycles. The van der Waals surface area contributed by atoms with E-state index in [0.29, 0.717) is 24.1 Å². The van der Waals surface area contributed by atoms with Crippen molar-refractivity contribution in [3.8, 4) is 0 Å². The molecule has 1 N–H and O–H groups in total. The largest absolute Gasteiger partial charge is 0.323 e. The summed E-state index contributed by atoms with van der Waals surface area (Å²) in [5.41, 5.74) is 2.96. The molecule has 0 fully saturated rings. The Hall–Kier alpha value is -2.16. The quantitative estimate of drug-likeness (QED) is 0.822. The number of rotatable bonds is 5. The van der Waals surface area contributed by atoms with Crippen molar-refractivity contribution in [3.05, 3.63) is 53.7 Å². The lowest BCUT2D eigenvalue weighted by molar-refractivity contribution is -0.120. The average Bonchev–Trinajstić information content (AvgIpc) is 2.70. The van der Waals surface area contributed by atoms with E-state index in [2.05, 4.69) is 11.9 Å². The van der Waals surface area contributed by atoms with Gasteiger partial charge in [0.15, 0.2) is 0 Å². The van der Waals surface area contributed by atoms with E-state index in [9.17, 15) is 9.59 Å². The predicted molar refractivity (Wildman–Crippen MR) is 75.6 cm³/mol. The number of benzene rings is 1. The van der Waals surface area contributed by atoms with Crippen molar-refractivity contribution >= 4 is 17.3 Å². The maximum Gasteiger partial charge on any atom is 0.224 e. The summed E-state index contributed by atoms with van der Waals surface area (Å²) in [7, 11) is 0. The molecular weight excluding hydrogens is 238 g/mol. The zero-order valence-corrected chi connectivity index (χ0v) is 11.0. The van der Waals surface area contributed by atoms with E-state index in [1.54, 1.807) is 13.0 Å². The van der Waals surface area contributed by atoms with Crippen molar-refractivity contribution in [3.63, 3.8) is 0 Å². The molecule has 0 radical (unpaired) electrons. The molecule has 0 spiro atoms. The van der Waals surface area contributed by atoms with E-state index >= 15 is 0 Å². The first kappa shape index (κ1) is 13.3. The van der Waals surface area contributed by atoms with Gasteiger partial charge in [-0.1, -0.05) is 37.3 Å². The van der Waals surface area contributed by atoms with Crippen LogP contribution in [0, 0.1) is 0 Å². The molecule has 1 aromatic rings. The van der Waals surface area contributed by atoms with Crippen molar-refractivity contribution in [1.82, 2.24) is 5.32 Å². The molecular formula is C16H17NO2. The summed E-state index contributed by atoms with van der Waals surface area (Å²) in [5.74, 6) is -0.219. The number of carbonyl (C=O) groups is 2. The monoisotopic (exact) mass is 255 g/mol. The molecule has 0 aromatic heterocycles. The molecule has 0 saturated carbocycles. The van der Waals surface area contributed by atoms with E-state index in [1.807, 2.05) is 24.3 Å². The highest BCUT2D eigenvalue weighted by Gasteiger charge is 2.29. The van der Waals surface area contributed by atoms with E-state index in [1.165, 1.54) is 0 Å². The third-order valence-corrected chi connectivity index (χ3v) is 3.21. The molecule has 1 aliphatic rings. The lowest BCUT2D eigenvalue weighted by Crippen LogP contribution is -2.25. The number of Topliss-reactive ketones (excluding diaryl/α,β-unsaturated/α-hetero) is 1. The first-order chi connectivity index (χ1) is 9.19. The van der Waals surface area contributed by atoms with Gasteiger partial charge in [0, 0.05) is 12.0 Å². The number of hydrogen-bond acceptors (Lipinski definition) is 2. The van der Waals surface area contributed by atoms with Crippen LogP contribution in [-0.2, 0) is 4.79 Å². The Kier molecular flexibility index (Phi) is 3.95. The zero-order chi connectivity index (χ0) is 13.8. The second-order valence-electron chi connectivity index (χ2n) is 4.46. The van der Waals surface area contributed by atoms with Crippen LogP contribution in [0.4, 0.5) is 0 Å². The van der Waals surface area contributed by atoms with Gasteiger partial charge in [-0.3, -0.25) is 9.59 Å². The van der Waals surface area contributed by atoms with Crippen LogP contribution in [0.1, 0.15) is 42.1 Å². The van der Waals surface area contributed by atoms with E-state index < -0.39 is 0 Å². The molecule has 3 nitrogen and oxygen atoms in total. The number of nitrogens with one attached hydrogen (secondary N) is 1. The van der Waals surface area contributed by atoms with Crippen LogP contribution in [0.2, 0.25) is 0 Å². The topological polar surface area (TPSA) is 46.2 Å². The number of amides is 1. The van der Waals surface area contributed by atoms with Gasteiger partial charge in [0.25, 0.3) is 0 Å². The third-order valence-electron chi connectivity index (χ3n) is 3.21. The van der Waals surface area contributed by atoms with Crippen LogP contribution < -0.4 is 5.32 Å². The molecule has 0 saturated heterocycles. The van der Waals surface area contributed by atoms with Gasteiger partial charge < -0.3 is 5.32 Å². The van der Waals surface area contributed by atoms with Gasteiger partial charge in [-0.15, -0.1) is 6.58 Å². The highest BCUT2D eigenvalue weighted by molar-refractivity contribution is 6.21. The second kappa shape index (κ2) is 5.65. The fourth-order valence-electron chi connectivity index (χ4n) is 2.22. The van der Waals surface area contributed by atoms with Crippen molar-refractivity contribution < 1.29 is 9.59 Å². The highest BCUT2D eigenvalue weighted by Crippen LogP contribution is 2.34. The van der Waals surface area contributed by atoms with E-state index in [-0.39, 0.29) is 11.7 Å². The Morgan fingerprint density at radius 2 is 2.00 bits per heavy atom. The summed E-state index contributed by atoms with van der Waals surface area (Å²) in [4.78, 5) is 23.9. The first-order valence-corrected chi connectivity index (χ1v) is 6.47. The van der Waals surface area contributed by atoms with Crippen molar-refractivity contribution in [1.29, 1.82) is 0 Å². The fraction of sp³-hybridized carbons (Fsp3) is 0.250. The number of fused-ring (bicyclic) bond motifs is 1. The van der Waals surface area contributed by atoms with Gasteiger partial charge in [-0.05, 0) is 24.0 Å². The normalized spacial score (nSPS) is 13.4. The molecule has 1 amide bonds. The molecule has 0 bridgehead atoms. The van der Waals surface area contributed by atoms with Crippen LogP contribution in [0.25, 0.3) is 5.57 Å². The molecule has 98 valence electrons. The Morgan fingerprint density at radius 1 is 1.32 bits per heavy atom. The van der Waals surface area contributed by atoms with Crippen molar-refractivity contribution in [2.24, 2.45) is 0 Å². The minimum absolute atomic E-state index is 0.0866. The Bertz CT molecular complexity index is 570. The Morgan fingerprint density at radius 3 is 2.63 bits per heavy atom. The molecule has 0 unspecified atom stereocenters. The van der Waals surface area contributed by atoms with Gasteiger partial charge in [-0.25, -0.2) is 0 Å². The van der Waals surface area contributed by atoms with Gasteiger partial charge in [0.2, 0.25) is 11.7 Å². The number of hydrogen-bond donors (Lipinski definition) is 1. The number of ketones is 1. The lowest BCUT2D eigenvalue weighted by atomic mass is 10.0. The Balaban J connectivity index is 2.42. The number of carbonyl (C=O) groups excluding carboxylic acids is 2. The summed E-state index contributed by atoms with van der Waals surface area (Å²) < 4.78 is 0. The van der Waals surface area contributed by atoms with Gasteiger partial charge in [0.1, 0.15) is 0 Å². The summed E-state index contributed by atoms with van der Waals surface area (Å²) in [6, 6.07) is 7.48. The van der Waals surface area contributed by atoms with Gasteiger partial charge in [-0.2, -0.15) is 0 Å². The molecule has 1 aromatic carbocycles. The summed E-state index contributed by atoms with van der Waals surface area (Å²) in [5, 5.41) is 2.74. The summed E-state index contributed by atoms with van der Waals surface area (Å²) >= 11 is 0. The SMILES string of the molecule is C=CCCC1=C(NC(=O)CC)C(=O)c2ccccc21. The minimum Gasteiger partial charge on any atom is -0.323 e. The highest BCUT2D eigenvalue weighted by atomic mass is 16.2. The first-order valence-electron chi connectivity index (χ1n) is 6.47. The van der Waals surface area contributed by atoms with Crippen molar-refractivity contribution in [2.75, 3.05) is 0 Å². The van der Waals surface area contributed by atoms with Crippen molar-refractivity contribution in [2.45, 2.75) is 26.2 Å². The fourth-order valence-corrected chi connectivity index (χ4v) is 2.22. The molecule has 0 atom stereocenters. The summed E-state index contributed by atoms with van der Waals surface area (Å²) in [6.45, 7) is 5.47. The van der Waals surface area contributed by atoms with E-state index in [4.69, 9.17) is 0 Å². The van der Waals surface area contributed by atoms with Gasteiger partial charge in [0.05, 0.1) is 5.70 Å². The average molecular weight is 255 g/mol. The molecule has 1 aliphatic carbocycles. The molecule has 19 heavy (non-hydrogen) atoms. The summed E-state index contributed by atoms with van der Waals surface area (Å²) in [6.07, 6.45) is 3.67. The smallest absolute Gasteiger partial charge is 0.224 e. The standard InChI is InChI=1S/C16H17NO2/c1-3-5-8-12-11-9-6-7-10-13(11)16(19)15(12)17-14(18)4-2/h3,6-7,9-10H,1,4-5,8H2,2H3,(H,17,18,19). The van der Waals surface area contributed by atoms with Gasteiger partial charge >= 0.3 is 0 Å². The van der Waals surface area contributed by atoms with E-state index in [0.717, 1.165) is 17.6 Å². The second-order valence-corrected chi connectivity index (χ2v) is 4.46. The van der Waals surface area contributed by atoms with Crippen LogP contribution >= 0.6 is 0 Å².